The van der Waals surface area contributed by atoms with E-state index in [9.17, 15) is 0 Å². The zero-order chi connectivity index (χ0) is 18.5. The topological polar surface area (TPSA) is 12.9 Å². The fraction of sp³-hybridized carbons (Fsp3) is 0.0800. The molecule has 0 saturated heterocycles. The van der Waals surface area contributed by atoms with Crippen molar-refractivity contribution in [3.63, 3.8) is 0 Å². The van der Waals surface area contributed by atoms with Gasteiger partial charge in [-0.25, -0.2) is 0 Å². The predicted octanol–water partition coefficient (Wildman–Crippen LogP) is 5.40. The average molecular weight is 337 g/mol. The summed E-state index contributed by atoms with van der Waals surface area (Å²) in [7, 11) is 0. The molecule has 0 bridgehead atoms. The van der Waals surface area contributed by atoms with Gasteiger partial charge in [-0.1, -0.05) is 86.0 Å². The van der Waals surface area contributed by atoms with E-state index >= 15 is 0 Å². The number of hydrogen-bond acceptors (Lipinski definition) is 1. The van der Waals surface area contributed by atoms with E-state index in [0.717, 1.165) is 32.3 Å². The molecule has 0 fully saturated rings. The number of fused-ring (bicyclic) bond motifs is 3. The molecule has 0 aliphatic heterocycles. The molecule has 0 spiro atoms. The van der Waals surface area contributed by atoms with Gasteiger partial charge in [0, 0.05) is 17.0 Å². The summed E-state index contributed by atoms with van der Waals surface area (Å²) < 4.78 is 0. The lowest BCUT2D eigenvalue weighted by atomic mass is 9.93. The van der Waals surface area contributed by atoms with Crippen LogP contribution >= 0.6 is 0 Å². The minimum absolute atomic E-state index is 0.863. The van der Waals surface area contributed by atoms with Crippen LogP contribution in [0.2, 0.25) is 0 Å². The van der Waals surface area contributed by atoms with Crippen molar-refractivity contribution < 1.29 is 0 Å². The number of rotatable bonds is 2. The van der Waals surface area contributed by atoms with E-state index in [1.165, 1.54) is 10.9 Å². The Morgan fingerprint density at radius 2 is 1.38 bits per heavy atom. The maximum Gasteiger partial charge on any atom is 0.0792 e. The van der Waals surface area contributed by atoms with E-state index in [1.54, 1.807) is 0 Å². The van der Waals surface area contributed by atoms with Crippen LogP contribution in [0.15, 0.2) is 66.9 Å². The van der Waals surface area contributed by atoms with Crippen molar-refractivity contribution in [2.24, 2.45) is 0 Å². The third kappa shape index (κ3) is 3.29. The molecule has 3 aromatic rings. The fourth-order valence-electron chi connectivity index (χ4n) is 3.24. The summed E-state index contributed by atoms with van der Waals surface area (Å²) in [6, 6.07) is 16.3. The molecule has 0 N–H and O–H groups in total. The zero-order valence-corrected chi connectivity index (χ0v) is 15.4. The Morgan fingerprint density at radius 3 is 2.12 bits per heavy atom. The molecule has 0 amide bonds. The molecule has 2 aromatic carbocycles. The first-order chi connectivity index (χ1) is 12.7. The van der Waals surface area contributed by atoms with Crippen LogP contribution in [0.1, 0.15) is 25.0 Å². The molecule has 1 nitrogen and oxygen atoms in total. The van der Waals surface area contributed by atoms with Gasteiger partial charge in [0.05, 0.1) is 5.52 Å². The van der Waals surface area contributed by atoms with Gasteiger partial charge in [-0.2, -0.15) is 0 Å². The van der Waals surface area contributed by atoms with Crippen molar-refractivity contribution >= 4 is 47.0 Å². The lowest BCUT2D eigenvalue weighted by molar-refractivity contribution is 1.40. The minimum atomic E-state index is 0.863. The summed E-state index contributed by atoms with van der Waals surface area (Å²) in [6.07, 6.45) is 10.3. The summed E-state index contributed by atoms with van der Waals surface area (Å²) >= 11 is 0. The molecule has 0 unspecified atom stereocenters. The Kier molecular flexibility index (Phi) is 5.28. The summed E-state index contributed by atoms with van der Waals surface area (Å²) in [5.74, 6) is 0. The highest BCUT2D eigenvalue weighted by Crippen LogP contribution is 2.31. The monoisotopic (exact) mass is 337 g/mol. The first-order valence-corrected chi connectivity index (χ1v) is 8.78. The van der Waals surface area contributed by atoms with Gasteiger partial charge in [-0.05, 0) is 40.8 Å². The molecule has 1 aromatic heterocycles. The Bertz CT molecular complexity index is 1180. The van der Waals surface area contributed by atoms with Gasteiger partial charge in [-0.3, -0.25) is 4.98 Å². The van der Waals surface area contributed by atoms with Gasteiger partial charge >= 0.3 is 0 Å². The van der Waals surface area contributed by atoms with Crippen molar-refractivity contribution in [1.82, 2.24) is 4.98 Å². The van der Waals surface area contributed by atoms with Crippen molar-refractivity contribution in [3.8, 4) is 0 Å². The van der Waals surface area contributed by atoms with E-state index < -0.39 is 0 Å². The van der Waals surface area contributed by atoms with E-state index in [1.807, 2.05) is 44.3 Å². The van der Waals surface area contributed by atoms with Crippen LogP contribution in [-0.4, -0.2) is 4.98 Å². The molecule has 0 atom stereocenters. The normalized spacial score (nSPS) is 11.5. The van der Waals surface area contributed by atoms with Gasteiger partial charge < -0.3 is 0 Å². The van der Waals surface area contributed by atoms with E-state index in [4.69, 9.17) is 4.98 Å². The Hall–Kier alpha value is -3.19. The van der Waals surface area contributed by atoms with Crippen LogP contribution in [-0.2, 0) is 0 Å². The maximum atomic E-state index is 4.82. The molecule has 1 heteroatoms. The summed E-state index contributed by atoms with van der Waals surface area (Å²) in [6.45, 7) is 12.5. The van der Waals surface area contributed by atoms with Gasteiger partial charge in [-0.15, -0.1) is 0 Å². The zero-order valence-electron chi connectivity index (χ0n) is 15.4. The van der Waals surface area contributed by atoms with Crippen molar-refractivity contribution in [1.29, 1.82) is 0 Å². The molecule has 3 rings (SSSR count). The predicted molar refractivity (Wildman–Crippen MR) is 117 cm³/mol. The van der Waals surface area contributed by atoms with E-state index in [0.29, 0.717) is 0 Å². The van der Waals surface area contributed by atoms with Gasteiger partial charge in [0.25, 0.3) is 0 Å². The van der Waals surface area contributed by atoms with Crippen molar-refractivity contribution in [2.45, 2.75) is 13.8 Å². The van der Waals surface area contributed by atoms with Crippen LogP contribution in [0.25, 0.3) is 47.0 Å². The van der Waals surface area contributed by atoms with E-state index in [-0.39, 0.29) is 0 Å². The number of benzene rings is 2. The molecule has 0 radical (unpaired) electrons. The molecule has 128 valence electrons. The second-order valence-electron chi connectivity index (χ2n) is 6.17. The minimum Gasteiger partial charge on any atom is -0.255 e. The summed E-state index contributed by atoms with van der Waals surface area (Å²) in [4.78, 5) is 4.82. The van der Waals surface area contributed by atoms with Crippen LogP contribution in [0, 0.1) is 0 Å². The smallest absolute Gasteiger partial charge is 0.0792 e. The summed E-state index contributed by atoms with van der Waals surface area (Å²) in [5.41, 5.74) is 3.27. The number of allylic oxidation sites excluding steroid dienone is 2. The first-order valence-electron chi connectivity index (χ1n) is 8.78. The quantitative estimate of drug-likeness (QED) is 0.610. The lowest BCUT2D eigenvalue weighted by Gasteiger charge is -2.12. The summed E-state index contributed by atoms with van der Waals surface area (Å²) in [5, 5.41) is 5.17. The molecule has 0 saturated carbocycles. The molecular weight excluding hydrogens is 314 g/mol. The Labute approximate surface area is 154 Å². The molecule has 0 aliphatic carbocycles. The number of nitrogens with zero attached hydrogens (tertiary/aromatic N) is 1. The van der Waals surface area contributed by atoms with E-state index in [2.05, 4.69) is 61.7 Å². The average Bonchev–Trinajstić information content (AvgIpc) is 2.65. The van der Waals surface area contributed by atoms with Gasteiger partial charge in [0.1, 0.15) is 0 Å². The van der Waals surface area contributed by atoms with Crippen molar-refractivity contribution in [3.05, 3.63) is 88.4 Å². The highest BCUT2D eigenvalue weighted by Gasteiger charge is 2.11. The fourth-order valence-corrected chi connectivity index (χ4v) is 3.24. The van der Waals surface area contributed by atoms with Crippen LogP contribution in [0.4, 0.5) is 0 Å². The van der Waals surface area contributed by atoms with Gasteiger partial charge in [0.15, 0.2) is 0 Å². The van der Waals surface area contributed by atoms with Crippen molar-refractivity contribution in [2.75, 3.05) is 0 Å². The Morgan fingerprint density at radius 1 is 0.769 bits per heavy atom. The Balaban J connectivity index is 2.78. The highest BCUT2D eigenvalue weighted by atomic mass is 14.6. The molecule has 1 heterocycles. The lowest BCUT2D eigenvalue weighted by Crippen LogP contribution is -2.03. The van der Waals surface area contributed by atoms with Crippen LogP contribution < -0.4 is 10.4 Å². The second kappa shape index (κ2) is 7.79. The standard InChI is InChI=1S/C25H23N/c1-5-11-20-21-15-9-10-16-23(21)25-24(22(20)12-6-2)19(4)14-8-7-13-18(3)17-26-25/h5-17H,3-4H2,1-2H3/b11-5-,12-6-,13-7?,14-8?,26-17?. The SMILES string of the molecule is C=c1ccccc(=C)c2c(/C=C\C)c(/C=C\C)c3ccccc3c2nc1. The molecule has 0 aliphatic rings. The third-order valence-corrected chi connectivity index (χ3v) is 4.33. The second-order valence-corrected chi connectivity index (χ2v) is 6.17. The van der Waals surface area contributed by atoms with Gasteiger partial charge in [0.2, 0.25) is 0 Å². The third-order valence-electron chi connectivity index (χ3n) is 4.33. The van der Waals surface area contributed by atoms with Crippen LogP contribution in [0.3, 0.4) is 0 Å². The first kappa shape index (κ1) is 17.6. The maximum absolute atomic E-state index is 4.82. The largest absolute Gasteiger partial charge is 0.255 e. The molecular formula is C25H23N. The number of aromatic nitrogens is 1. The number of hydrogen-bond donors (Lipinski definition) is 0. The molecule has 26 heavy (non-hydrogen) atoms. The highest BCUT2D eigenvalue weighted by molar-refractivity contribution is 6.12. The van der Waals surface area contributed by atoms with Crippen LogP contribution in [0.5, 0.6) is 0 Å².